The normalized spacial score (nSPS) is 17.5. The lowest BCUT2D eigenvalue weighted by molar-refractivity contribution is 0.0994. The number of nitrogens with one attached hydrogen (secondary N) is 1. The number of benzene rings is 1. The van der Waals surface area contributed by atoms with E-state index in [1.165, 1.54) is 17.2 Å². The highest BCUT2D eigenvalue weighted by atomic mass is 35.5. The van der Waals surface area contributed by atoms with Crippen LogP contribution >= 0.6 is 24.0 Å². The summed E-state index contributed by atoms with van der Waals surface area (Å²) in [6.07, 6.45) is 0.259. The van der Waals surface area contributed by atoms with E-state index in [2.05, 4.69) is 22.4 Å². The van der Waals surface area contributed by atoms with Crippen molar-refractivity contribution in [2.24, 2.45) is 5.73 Å². The van der Waals surface area contributed by atoms with Crippen LogP contribution in [0.2, 0.25) is 5.15 Å². The Morgan fingerprint density at radius 3 is 2.75 bits per heavy atom. The predicted molar refractivity (Wildman–Crippen MR) is 95.5 cm³/mol. The average molecular weight is 368 g/mol. The SMILES string of the molecule is Cl.NC(=O)c1ccc(Cl)nc1C[C@@H](O)[C@@H]1Cc2ccccc2CN1. The number of carbonyl (C=O) groups is 1. The number of nitrogens with two attached hydrogens (primary N) is 1. The minimum Gasteiger partial charge on any atom is -0.391 e. The third-order valence-electron chi connectivity index (χ3n) is 4.19. The van der Waals surface area contributed by atoms with Crippen LogP contribution in [0, 0.1) is 0 Å². The van der Waals surface area contributed by atoms with Crippen molar-refractivity contribution in [2.45, 2.75) is 31.5 Å². The Hall–Kier alpha value is -1.66. The lowest BCUT2D eigenvalue weighted by Crippen LogP contribution is -2.45. The summed E-state index contributed by atoms with van der Waals surface area (Å²) in [5, 5.41) is 14.2. The minimum absolute atomic E-state index is 0. The summed E-state index contributed by atoms with van der Waals surface area (Å²) in [6, 6.07) is 11.1. The number of amides is 1. The zero-order valence-electron chi connectivity index (χ0n) is 12.9. The van der Waals surface area contributed by atoms with Gasteiger partial charge in [-0.05, 0) is 29.7 Å². The summed E-state index contributed by atoms with van der Waals surface area (Å²) in [7, 11) is 0. The van der Waals surface area contributed by atoms with Crippen molar-refractivity contribution in [3.63, 3.8) is 0 Å². The molecule has 0 spiro atoms. The number of carbonyl (C=O) groups excluding carboxylic acids is 1. The molecular formula is C17H19Cl2N3O2. The highest BCUT2D eigenvalue weighted by Gasteiger charge is 2.26. The predicted octanol–water partition coefficient (Wildman–Crippen LogP) is 1.87. The van der Waals surface area contributed by atoms with Gasteiger partial charge in [-0.3, -0.25) is 4.79 Å². The number of primary amides is 1. The summed E-state index contributed by atoms with van der Waals surface area (Å²) < 4.78 is 0. The van der Waals surface area contributed by atoms with Gasteiger partial charge in [-0.1, -0.05) is 35.9 Å². The number of aliphatic hydroxyl groups excluding tert-OH is 1. The molecule has 7 heteroatoms. The van der Waals surface area contributed by atoms with Crippen molar-refractivity contribution < 1.29 is 9.90 Å². The molecule has 1 aromatic carbocycles. The number of hydrogen-bond donors (Lipinski definition) is 3. The maximum Gasteiger partial charge on any atom is 0.250 e. The van der Waals surface area contributed by atoms with Gasteiger partial charge in [0.15, 0.2) is 0 Å². The lowest BCUT2D eigenvalue weighted by atomic mass is 9.91. The number of rotatable bonds is 4. The van der Waals surface area contributed by atoms with E-state index >= 15 is 0 Å². The average Bonchev–Trinajstić information content (AvgIpc) is 2.54. The number of halogens is 2. The van der Waals surface area contributed by atoms with Gasteiger partial charge in [-0.25, -0.2) is 4.98 Å². The first-order valence-electron chi connectivity index (χ1n) is 7.48. The fraction of sp³-hybridized carbons (Fsp3) is 0.294. The van der Waals surface area contributed by atoms with E-state index in [1.54, 1.807) is 6.07 Å². The number of hydrogen-bond acceptors (Lipinski definition) is 4. The largest absolute Gasteiger partial charge is 0.391 e. The summed E-state index contributed by atoms with van der Waals surface area (Å²) in [5.41, 5.74) is 8.56. The molecule has 0 radical (unpaired) electrons. The van der Waals surface area contributed by atoms with Gasteiger partial charge in [0.1, 0.15) is 5.15 Å². The Balaban J connectivity index is 0.00000208. The smallest absolute Gasteiger partial charge is 0.250 e. The van der Waals surface area contributed by atoms with E-state index < -0.39 is 12.0 Å². The van der Waals surface area contributed by atoms with E-state index in [-0.39, 0.29) is 30.0 Å². The van der Waals surface area contributed by atoms with Gasteiger partial charge in [0.25, 0.3) is 5.91 Å². The lowest BCUT2D eigenvalue weighted by Gasteiger charge is -2.30. The van der Waals surface area contributed by atoms with Crippen LogP contribution in [0.1, 0.15) is 27.2 Å². The van der Waals surface area contributed by atoms with Crippen LogP contribution < -0.4 is 11.1 Å². The molecule has 24 heavy (non-hydrogen) atoms. The quantitative estimate of drug-likeness (QED) is 0.719. The first kappa shape index (κ1) is 18.7. The summed E-state index contributed by atoms with van der Waals surface area (Å²) in [6.45, 7) is 0.712. The van der Waals surface area contributed by atoms with Crippen LogP contribution in [0.25, 0.3) is 0 Å². The highest BCUT2D eigenvalue weighted by molar-refractivity contribution is 6.29. The molecule has 4 N–H and O–H groups in total. The van der Waals surface area contributed by atoms with Gasteiger partial charge < -0.3 is 16.2 Å². The van der Waals surface area contributed by atoms with Crippen molar-refractivity contribution in [1.29, 1.82) is 0 Å². The molecule has 0 saturated carbocycles. The monoisotopic (exact) mass is 367 g/mol. The van der Waals surface area contributed by atoms with E-state index in [1.807, 2.05) is 12.1 Å². The maximum atomic E-state index is 11.5. The molecule has 1 aliphatic heterocycles. The van der Waals surface area contributed by atoms with Crippen LogP contribution in [-0.4, -0.2) is 28.1 Å². The third kappa shape index (κ3) is 4.05. The molecule has 2 heterocycles. The van der Waals surface area contributed by atoms with Crippen molar-refractivity contribution in [1.82, 2.24) is 10.3 Å². The van der Waals surface area contributed by atoms with Gasteiger partial charge in [-0.15, -0.1) is 12.4 Å². The molecule has 128 valence electrons. The molecule has 0 aliphatic carbocycles. The Labute approximate surface area is 151 Å². The van der Waals surface area contributed by atoms with Gasteiger partial charge >= 0.3 is 0 Å². The highest BCUT2D eigenvalue weighted by Crippen LogP contribution is 2.20. The minimum atomic E-state index is -0.688. The van der Waals surface area contributed by atoms with Gasteiger partial charge in [-0.2, -0.15) is 0 Å². The Kier molecular flexibility index (Phi) is 6.18. The van der Waals surface area contributed by atoms with Crippen LogP contribution in [-0.2, 0) is 19.4 Å². The zero-order chi connectivity index (χ0) is 16.4. The van der Waals surface area contributed by atoms with Crippen molar-refractivity contribution >= 4 is 29.9 Å². The summed E-state index contributed by atoms with van der Waals surface area (Å²) in [4.78, 5) is 15.6. The number of aliphatic hydroxyl groups is 1. The second-order valence-electron chi connectivity index (χ2n) is 5.72. The van der Waals surface area contributed by atoms with Gasteiger partial charge in [0.2, 0.25) is 0 Å². The summed E-state index contributed by atoms with van der Waals surface area (Å²) >= 11 is 5.90. The molecule has 1 aromatic heterocycles. The zero-order valence-corrected chi connectivity index (χ0v) is 14.5. The molecule has 5 nitrogen and oxygen atoms in total. The number of fused-ring (bicyclic) bond motifs is 1. The summed E-state index contributed by atoms with van der Waals surface area (Å²) in [5.74, 6) is -0.571. The fourth-order valence-corrected chi connectivity index (χ4v) is 3.11. The molecule has 0 unspecified atom stereocenters. The number of pyridine rings is 1. The molecule has 2 atom stereocenters. The molecule has 1 aliphatic rings. The van der Waals surface area contributed by atoms with Gasteiger partial charge in [0.05, 0.1) is 17.4 Å². The Bertz CT molecular complexity index is 740. The van der Waals surface area contributed by atoms with Crippen molar-refractivity contribution in [2.75, 3.05) is 0 Å². The number of nitrogens with zero attached hydrogens (tertiary/aromatic N) is 1. The van der Waals surface area contributed by atoms with Crippen LogP contribution in [0.4, 0.5) is 0 Å². The number of aromatic nitrogens is 1. The van der Waals surface area contributed by atoms with E-state index in [0.29, 0.717) is 17.8 Å². The Morgan fingerprint density at radius 2 is 2.04 bits per heavy atom. The molecule has 3 rings (SSSR count). The second-order valence-corrected chi connectivity index (χ2v) is 6.11. The van der Waals surface area contributed by atoms with Crippen molar-refractivity contribution in [3.8, 4) is 0 Å². The van der Waals surface area contributed by atoms with Crippen LogP contribution in [0.15, 0.2) is 36.4 Å². The van der Waals surface area contributed by atoms with E-state index in [9.17, 15) is 9.90 Å². The Morgan fingerprint density at radius 1 is 1.33 bits per heavy atom. The van der Waals surface area contributed by atoms with E-state index in [4.69, 9.17) is 17.3 Å². The standard InChI is InChI=1S/C17H18ClN3O2.ClH/c18-16-6-5-12(17(19)23)13(21-16)8-15(22)14-7-10-3-1-2-4-11(10)9-20-14;/h1-6,14-15,20,22H,7-9H2,(H2,19,23);1H/t14-,15+;/m0./s1. The first-order chi connectivity index (χ1) is 11.0. The van der Waals surface area contributed by atoms with E-state index in [0.717, 1.165) is 6.42 Å². The van der Waals surface area contributed by atoms with Gasteiger partial charge in [0, 0.05) is 19.0 Å². The molecule has 0 saturated heterocycles. The van der Waals surface area contributed by atoms with Crippen molar-refractivity contribution in [3.05, 3.63) is 63.9 Å². The van der Waals surface area contributed by atoms with Crippen LogP contribution in [0.3, 0.4) is 0 Å². The molecule has 0 fully saturated rings. The first-order valence-corrected chi connectivity index (χ1v) is 7.86. The molecule has 1 amide bonds. The molecular weight excluding hydrogens is 349 g/mol. The fourth-order valence-electron chi connectivity index (χ4n) is 2.95. The second kappa shape index (κ2) is 7.94. The third-order valence-corrected chi connectivity index (χ3v) is 4.40. The molecule has 0 bridgehead atoms. The van der Waals surface area contributed by atoms with Crippen LogP contribution in [0.5, 0.6) is 0 Å². The maximum absolute atomic E-state index is 11.5. The topological polar surface area (TPSA) is 88.2 Å². The molecule has 2 aromatic rings.